The van der Waals surface area contributed by atoms with Gasteiger partial charge in [0, 0.05) is 28.1 Å². The molecule has 0 saturated carbocycles. The number of carbonyl (C=O) groups is 1. The molecule has 1 aliphatic rings. The minimum atomic E-state index is -1.04. The van der Waals surface area contributed by atoms with Crippen molar-refractivity contribution in [1.29, 1.82) is 0 Å². The molecule has 0 aliphatic carbocycles. The van der Waals surface area contributed by atoms with Crippen molar-refractivity contribution in [2.45, 2.75) is 26.3 Å². The third kappa shape index (κ3) is 2.30. The zero-order valence-electron chi connectivity index (χ0n) is 11.3. The van der Waals surface area contributed by atoms with Gasteiger partial charge in [0.2, 0.25) is 5.76 Å². The zero-order chi connectivity index (χ0) is 14.3. The summed E-state index contributed by atoms with van der Waals surface area (Å²) in [6, 6.07) is 3.65. The average Bonchev–Trinajstić information content (AvgIpc) is 2.98. The fourth-order valence-corrected chi connectivity index (χ4v) is 3.09. The molecule has 2 aromatic rings. The number of likely N-dealkylation sites (tertiary alicyclic amines) is 1. The van der Waals surface area contributed by atoms with Gasteiger partial charge in [-0.15, -0.1) is 0 Å². The molecule has 1 aliphatic heterocycles. The maximum atomic E-state index is 11.2. The van der Waals surface area contributed by atoms with Crippen molar-refractivity contribution in [1.82, 2.24) is 4.90 Å². The molecule has 1 aromatic carbocycles. The largest absolute Gasteiger partial charge is 0.475 e. The summed E-state index contributed by atoms with van der Waals surface area (Å²) >= 11 is 6.16. The number of halogens is 1. The van der Waals surface area contributed by atoms with E-state index in [9.17, 15) is 9.90 Å². The van der Waals surface area contributed by atoms with E-state index < -0.39 is 5.97 Å². The first-order valence-corrected chi connectivity index (χ1v) is 7.11. The molecule has 0 amide bonds. The number of benzene rings is 1. The van der Waals surface area contributed by atoms with Gasteiger partial charge in [0.15, 0.2) is 0 Å². The molecule has 1 saturated heterocycles. The molecule has 2 heterocycles. The van der Waals surface area contributed by atoms with Gasteiger partial charge < -0.3 is 9.52 Å². The third-order valence-corrected chi connectivity index (χ3v) is 4.08. The number of carboxylic acids is 1. The molecule has 106 valence electrons. The number of hydrogen-bond donors (Lipinski definition) is 1. The second-order valence-corrected chi connectivity index (χ2v) is 5.72. The molecular weight excluding hydrogens is 278 g/mol. The van der Waals surface area contributed by atoms with E-state index in [1.807, 2.05) is 6.07 Å². The normalized spacial score (nSPS) is 16.1. The molecule has 0 spiro atoms. The molecule has 3 rings (SSSR count). The number of nitrogens with zero attached hydrogens (tertiary/aromatic N) is 1. The van der Waals surface area contributed by atoms with Crippen LogP contribution in [0.5, 0.6) is 0 Å². The fraction of sp³-hybridized carbons (Fsp3) is 0.400. The summed E-state index contributed by atoms with van der Waals surface area (Å²) in [6.07, 6.45) is 2.42. The van der Waals surface area contributed by atoms with Crippen molar-refractivity contribution in [3.05, 3.63) is 34.0 Å². The third-order valence-electron chi connectivity index (χ3n) is 3.87. The van der Waals surface area contributed by atoms with Crippen LogP contribution in [0, 0.1) is 6.92 Å². The van der Waals surface area contributed by atoms with Crippen LogP contribution in [0.25, 0.3) is 11.0 Å². The SMILES string of the molecule is Cc1c(C(=O)O)oc2c(CN3CCCC3)cc(Cl)cc12. The predicted molar refractivity (Wildman–Crippen MR) is 77.4 cm³/mol. The van der Waals surface area contributed by atoms with E-state index >= 15 is 0 Å². The minimum absolute atomic E-state index is 0.00457. The summed E-state index contributed by atoms with van der Waals surface area (Å²) in [6.45, 7) is 4.65. The smallest absolute Gasteiger partial charge is 0.372 e. The van der Waals surface area contributed by atoms with Crippen molar-refractivity contribution >= 4 is 28.5 Å². The van der Waals surface area contributed by atoms with Crippen molar-refractivity contribution in [3.63, 3.8) is 0 Å². The van der Waals surface area contributed by atoms with Crippen molar-refractivity contribution < 1.29 is 14.3 Å². The van der Waals surface area contributed by atoms with Crippen LogP contribution in [0.3, 0.4) is 0 Å². The maximum Gasteiger partial charge on any atom is 0.372 e. The number of aromatic carboxylic acids is 1. The lowest BCUT2D eigenvalue weighted by molar-refractivity contribution is 0.0664. The first kappa shape index (κ1) is 13.5. The number of aryl methyl sites for hydroxylation is 1. The van der Waals surface area contributed by atoms with E-state index in [2.05, 4.69) is 4.90 Å². The summed E-state index contributed by atoms with van der Waals surface area (Å²) < 4.78 is 5.57. The highest BCUT2D eigenvalue weighted by Crippen LogP contribution is 2.32. The van der Waals surface area contributed by atoms with Crippen LogP contribution in [0.4, 0.5) is 0 Å². The lowest BCUT2D eigenvalue weighted by atomic mass is 10.1. The topological polar surface area (TPSA) is 53.7 Å². The van der Waals surface area contributed by atoms with Crippen LogP contribution in [0.1, 0.15) is 34.5 Å². The first-order valence-electron chi connectivity index (χ1n) is 6.73. The van der Waals surface area contributed by atoms with Gasteiger partial charge in [0.25, 0.3) is 0 Å². The molecule has 1 aromatic heterocycles. The summed E-state index contributed by atoms with van der Waals surface area (Å²) in [5, 5.41) is 10.6. The average molecular weight is 294 g/mol. The van der Waals surface area contributed by atoms with Gasteiger partial charge in [0.1, 0.15) is 5.58 Å². The Labute approximate surface area is 121 Å². The fourth-order valence-electron chi connectivity index (χ4n) is 2.85. The molecular formula is C15H16ClNO3. The summed E-state index contributed by atoms with van der Waals surface area (Å²) in [5.74, 6) is -1.04. The van der Waals surface area contributed by atoms with Crippen molar-refractivity contribution in [2.75, 3.05) is 13.1 Å². The number of rotatable bonds is 3. The van der Waals surface area contributed by atoms with Gasteiger partial charge in [0.05, 0.1) is 0 Å². The molecule has 0 atom stereocenters. The molecule has 4 nitrogen and oxygen atoms in total. The van der Waals surface area contributed by atoms with E-state index in [-0.39, 0.29) is 5.76 Å². The van der Waals surface area contributed by atoms with E-state index in [0.717, 1.165) is 30.6 Å². The Hall–Kier alpha value is -1.52. The van der Waals surface area contributed by atoms with Gasteiger partial charge in [-0.25, -0.2) is 4.79 Å². The van der Waals surface area contributed by atoms with Crippen LogP contribution >= 0.6 is 11.6 Å². The van der Waals surface area contributed by atoms with Gasteiger partial charge in [-0.1, -0.05) is 11.6 Å². The quantitative estimate of drug-likeness (QED) is 0.938. The molecule has 5 heteroatoms. The van der Waals surface area contributed by atoms with Crippen LogP contribution in [-0.2, 0) is 6.54 Å². The van der Waals surface area contributed by atoms with Gasteiger partial charge >= 0.3 is 5.97 Å². The molecule has 0 unspecified atom stereocenters. The Balaban J connectivity index is 2.10. The highest BCUT2D eigenvalue weighted by Gasteiger charge is 2.21. The second kappa shape index (κ2) is 5.11. The molecule has 0 radical (unpaired) electrons. The molecule has 0 bridgehead atoms. The molecule has 20 heavy (non-hydrogen) atoms. The van der Waals surface area contributed by atoms with E-state index in [1.165, 1.54) is 12.8 Å². The van der Waals surface area contributed by atoms with Crippen LogP contribution < -0.4 is 0 Å². The predicted octanol–water partition coefficient (Wildman–Crippen LogP) is 3.69. The Morgan fingerprint density at radius 2 is 2.10 bits per heavy atom. The monoisotopic (exact) mass is 293 g/mol. The van der Waals surface area contributed by atoms with Crippen molar-refractivity contribution in [2.24, 2.45) is 0 Å². The number of fused-ring (bicyclic) bond motifs is 1. The van der Waals surface area contributed by atoms with Crippen LogP contribution in [0.2, 0.25) is 5.02 Å². The summed E-state index contributed by atoms with van der Waals surface area (Å²) in [7, 11) is 0. The highest BCUT2D eigenvalue weighted by atomic mass is 35.5. The summed E-state index contributed by atoms with van der Waals surface area (Å²) in [4.78, 5) is 13.5. The van der Waals surface area contributed by atoms with Gasteiger partial charge in [-0.2, -0.15) is 0 Å². The van der Waals surface area contributed by atoms with E-state index in [4.69, 9.17) is 16.0 Å². The second-order valence-electron chi connectivity index (χ2n) is 5.29. The first-order chi connectivity index (χ1) is 9.56. The summed E-state index contributed by atoms with van der Waals surface area (Å²) in [5.41, 5.74) is 2.25. The lowest BCUT2D eigenvalue weighted by Gasteiger charge is -2.14. The number of hydrogen-bond acceptors (Lipinski definition) is 3. The standard InChI is InChI=1S/C15H16ClNO3/c1-9-12-7-11(16)6-10(8-17-4-2-3-5-17)14(12)20-13(9)15(18)19/h6-7H,2-5,8H2,1H3,(H,18,19). The van der Waals surface area contributed by atoms with E-state index in [0.29, 0.717) is 16.2 Å². The maximum absolute atomic E-state index is 11.2. The Bertz CT molecular complexity index is 671. The number of furan rings is 1. The lowest BCUT2D eigenvalue weighted by Crippen LogP contribution is -2.18. The Morgan fingerprint density at radius 1 is 1.40 bits per heavy atom. The van der Waals surface area contributed by atoms with Crippen molar-refractivity contribution in [3.8, 4) is 0 Å². The van der Waals surface area contributed by atoms with Gasteiger partial charge in [-0.3, -0.25) is 4.90 Å². The number of carboxylic acid groups (broad SMARTS) is 1. The van der Waals surface area contributed by atoms with Crippen LogP contribution in [0.15, 0.2) is 16.5 Å². The van der Waals surface area contributed by atoms with Crippen LogP contribution in [-0.4, -0.2) is 29.1 Å². The van der Waals surface area contributed by atoms with Gasteiger partial charge in [-0.05, 0) is 45.0 Å². The Morgan fingerprint density at radius 3 is 2.75 bits per heavy atom. The minimum Gasteiger partial charge on any atom is -0.475 e. The highest BCUT2D eigenvalue weighted by molar-refractivity contribution is 6.31. The Kier molecular flexibility index (Phi) is 3.44. The zero-order valence-corrected chi connectivity index (χ0v) is 12.0. The molecule has 1 N–H and O–H groups in total. The molecule has 1 fully saturated rings. The van der Waals surface area contributed by atoms with E-state index in [1.54, 1.807) is 13.0 Å².